The van der Waals surface area contributed by atoms with Crippen molar-refractivity contribution in [3.63, 3.8) is 0 Å². The number of hydrogen-bond donors (Lipinski definition) is 2. The third kappa shape index (κ3) is 1.55. The zero-order valence-electron chi connectivity index (χ0n) is 6.91. The Morgan fingerprint density at radius 3 is 2.67 bits per heavy atom. The number of nitrogens with zero attached hydrogens (tertiary/aromatic N) is 1. The number of anilines is 1. The van der Waals surface area contributed by atoms with Crippen LogP contribution < -0.4 is 11.5 Å². The Morgan fingerprint density at radius 2 is 2.17 bits per heavy atom. The van der Waals surface area contributed by atoms with E-state index in [0.29, 0.717) is 5.69 Å². The van der Waals surface area contributed by atoms with Gasteiger partial charge in [-0.25, -0.2) is 0 Å². The molecule has 1 rings (SSSR count). The van der Waals surface area contributed by atoms with Crippen LogP contribution in [0.25, 0.3) is 0 Å². The normalized spacial score (nSPS) is 14.8. The predicted molar refractivity (Wildman–Crippen MR) is 48.0 cm³/mol. The molecule has 3 heteroatoms. The minimum Gasteiger partial charge on any atom is -0.399 e. The van der Waals surface area contributed by atoms with E-state index < -0.39 is 5.54 Å². The molecule has 62 valence electrons. The topological polar surface area (TPSA) is 75.8 Å². The summed E-state index contributed by atoms with van der Waals surface area (Å²) >= 11 is 0. The predicted octanol–water partition coefficient (Wildman–Crippen LogP) is 0.966. The first-order valence-electron chi connectivity index (χ1n) is 3.62. The van der Waals surface area contributed by atoms with Gasteiger partial charge in [-0.2, -0.15) is 5.26 Å². The van der Waals surface area contributed by atoms with Crippen molar-refractivity contribution in [3.05, 3.63) is 29.8 Å². The van der Waals surface area contributed by atoms with Gasteiger partial charge in [-0.05, 0) is 24.6 Å². The first kappa shape index (κ1) is 8.57. The van der Waals surface area contributed by atoms with Crippen molar-refractivity contribution in [3.8, 4) is 6.07 Å². The summed E-state index contributed by atoms with van der Waals surface area (Å²) in [5.74, 6) is 0. The lowest BCUT2D eigenvalue weighted by Crippen LogP contribution is -2.30. The highest BCUT2D eigenvalue weighted by Gasteiger charge is 2.19. The minimum absolute atomic E-state index is 0.624. The van der Waals surface area contributed by atoms with E-state index in [1.54, 1.807) is 31.2 Å². The van der Waals surface area contributed by atoms with Crippen molar-refractivity contribution in [2.45, 2.75) is 12.5 Å². The molecule has 4 N–H and O–H groups in total. The van der Waals surface area contributed by atoms with Crippen molar-refractivity contribution in [1.29, 1.82) is 5.26 Å². The average molecular weight is 161 g/mol. The Bertz CT molecular complexity index is 323. The van der Waals surface area contributed by atoms with Gasteiger partial charge in [0.25, 0.3) is 0 Å². The van der Waals surface area contributed by atoms with Crippen LogP contribution in [0.15, 0.2) is 24.3 Å². The molecule has 12 heavy (non-hydrogen) atoms. The van der Waals surface area contributed by atoms with Gasteiger partial charge in [-0.3, -0.25) is 0 Å². The van der Waals surface area contributed by atoms with Gasteiger partial charge in [0.2, 0.25) is 0 Å². The van der Waals surface area contributed by atoms with Crippen LogP contribution in [0, 0.1) is 11.3 Å². The van der Waals surface area contributed by atoms with Crippen LogP contribution in [0.2, 0.25) is 0 Å². The van der Waals surface area contributed by atoms with Crippen LogP contribution in [-0.2, 0) is 5.54 Å². The molecule has 0 aliphatic carbocycles. The standard InChI is InChI=1S/C9H11N3/c1-9(12,6-10)7-3-2-4-8(11)5-7/h2-5H,11-12H2,1H3/t9-/m0/s1. The number of nitriles is 1. The van der Waals surface area contributed by atoms with Crippen LogP contribution >= 0.6 is 0 Å². The Hall–Kier alpha value is -1.53. The number of nitrogens with two attached hydrogens (primary N) is 2. The van der Waals surface area contributed by atoms with Gasteiger partial charge < -0.3 is 11.5 Å². The van der Waals surface area contributed by atoms with E-state index in [1.807, 2.05) is 6.07 Å². The highest BCUT2D eigenvalue weighted by Crippen LogP contribution is 2.18. The molecule has 0 aliphatic rings. The van der Waals surface area contributed by atoms with Crippen LogP contribution in [0.5, 0.6) is 0 Å². The summed E-state index contributed by atoms with van der Waals surface area (Å²) in [5, 5.41) is 8.72. The molecule has 0 spiro atoms. The SMILES string of the molecule is C[C@](N)(C#N)c1cccc(N)c1. The molecule has 0 aromatic heterocycles. The van der Waals surface area contributed by atoms with E-state index in [4.69, 9.17) is 16.7 Å². The second-order valence-electron chi connectivity index (χ2n) is 2.94. The molecule has 1 aromatic carbocycles. The number of nitrogen functional groups attached to an aromatic ring is 1. The maximum atomic E-state index is 8.72. The zero-order valence-corrected chi connectivity index (χ0v) is 6.91. The smallest absolute Gasteiger partial charge is 0.127 e. The van der Waals surface area contributed by atoms with Crippen LogP contribution in [0.3, 0.4) is 0 Å². The monoisotopic (exact) mass is 161 g/mol. The Morgan fingerprint density at radius 1 is 1.50 bits per heavy atom. The number of rotatable bonds is 1. The van der Waals surface area contributed by atoms with Crippen molar-refractivity contribution in [1.82, 2.24) is 0 Å². The van der Waals surface area contributed by atoms with Gasteiger partial charge in [0, 0.05) is 5.69 Å². The lowest BCUT2D eigenvalue weighted by molar-refractivity contribution is 0.647. The quantitative estimate of drug-likeness (QED) is 0.602. The third-order valence-corrected chi connectivity index (χ3v) is 1.72. The molecule has 0 aliphatic heterocycles. The van der Waals surface area contributed by atoms with Gasteiger partial charge in [-0.15, -0.1) is 0 Å². The highest BCUT2D eigenvalue weighted by molar-refractivity contribution is 5.44. The molecular weight excluding hydrogens is 150 g/mol. The molecule has 1 atom stereocenters. The molecule has 0 bridgehead atoms. The van der Waals surface area contributed by atoms with E-state index in [9.17, 15) is 0 Å². The summed E-state index contributed by atoms with van der Waals surface area (Å²) in [7, 11) is 0. The van der Waals surface area contributed by atoms with Crippen molar-refractivity contribution >= 4 is 5.69 Å². The Labute approximate surface area is 71.6 Å². The lowest BCUT2D eigenvalue weighted by atomic mass is 9.95. The van der Waals surface area contributed by atoms with Gasteiger partial charge >= 0.3 is 0 Å². The van der Waals surface area contributed by atoms with Gasteiger partial charge in [0.05, 0.1) is 6.07 Å². The minimum atomic E-state index is -0.949. The molecule has 0 radical (unpaired) electrons. The summed E-state index contributed by atoms with van der Waals surface area (Å²) in [4.78, 5) is 0. The van der Waals surface area contributed by atoms with E-state index in [2.05, 4.69) is 0 Å². The maximum Gasteiger partial charge on any atom is 0.127 e. The summed E-state index contributed by atoms with van der Waals surface area (Å²) in [5.41, 5.74) is 11.7. The van der Waals surface area contributed by atoms with Crippen LogP contribution in [0.4, 0.5) is 5.69 Å². The summed E-state index contributed by atoms with van der Waals surface area (Å²) in [6.07, 6.45) is 0. The van der Waals surface area contributed by atoms with Crippen molar-refractivity contribution < 1.29 is 0 Å². The van der Waals surface area contributed by atoms with Crippen molar-refractivity contribution in [2.24, 2.45) is 5.73 Å². The Balaban J connectivity index is 3.14. The molecule has 0 saturated carbocycles. The third-order valence-electron chi connectivity index (χ3n) is 1.72. The average Bonchev–Trinajstić information content (AvgIpc) is 2.05. The molecule has 0 heterocycles. The second kappa shape index (κ2) is 2.84. The fourth-order valence-electron chi connectivity index (χ4n) is 0.926. The maximum absolute atomic E-state index is 8.72. The number of benzene rings is 1. The fourth-order valence-corrected chi connectivity index (χ4v) is 0.926. The van der Waals surface area contributed by atoms with Crippen LogP contribution in [-0.4, -0.2) is 0 Å². The van der Waals surface area contributed by atoms with E-state index in [0.717, 1.165) is 5.56 Å². The molecular formula is C9H11N3. The fraction of sp³-hybridized carbons (Fsp3) is 0.222. The molecule has 0 saturated heterocycles. The van der Waals surface area contributed by atoms with Gasteiger partial charge in [0.15, 0.2) is 0 Å². The molecule has 1 aromatic rings. The second-order valence-corrected chi connectivity index (χ2v) is 2.94. The first-order valence-corrected chi connectivity index (χ1v) is 3.62. The molecule has 0 fully saturated rings. The van der Waals surface area contributed by atoms with E-state index in [1.165, 1.54) is 0 Å². The molecule has 0 amide bonds. The van der Waals surface area contributed by atoms with Crippen molar-refractivity contribution in [2.75, 3.05) is 5.73 Å². The molecule has 3 nitrogen and oxygen atoms in total. The summed E-state index contributed by atoms with van der Waals surface area (Å²) in [6.45, 7) is 1.65. The van der Waals surface area contributed by atoms with Gasteiger partial charge in [0.1, 0.15) is 5.54 Å². The largest absolute Gasteiger partial charge is 0.399 e. The van der Waals surface area contributed by atoms with Gasteiger partial charge in [-0.1, -0.05) is 12.1 Å². The Kier molecular flexibility index (Phi) is 2.03. The van der Waals surface area contributed by atoms with E-state index >= 15 is 0 Å². The summed E-state index contributed by atoms with van der Waals surface area (Å²) < 4.78 is 0. The number of hydrogen-bond acceptors (Lipinski definition) is 3. The van der Waals surface area contributed by atoms with E-state index in [-0.39, 0.29) is 0 Å². The highest BCUT2D eigenvalue weighted by atomic mass is 14.7. The zero-order chi connectivity index (χ0) is 9.19. The molecule has 0 unspecified atom stereocenters. The summed E-state index contributed by atoms with van der Waals surface area (Å²) in [6, 6.07) is 9.06. The lowest BCUT2D eigenvalue weighted by Gasteiger charge is -2.15. The van der Waals surface area contributed by atoms with Crippen LogP contribution in [0.1, 0.15) is 12.5 Å². The first-order chi connectivity index (χ1) is 5.56.